The summed E-state index contributed by atoms with van der Waals surface area (Å²) in [5.41, 5.74) is 5.15. The summed E-state index contributed by atoms with van der Waals surface area (Å²) >= 11 is 0. The van der Waals surface area contributed by atoms with Crippen LogP contribution in [0.25, 0.3) is 10.9 Å². The Morgan fingerprint density at radius 1 is 0.771 bits per heavy atom. The summed E-state index contributed by atoms with van der Waals surface area (Å²) < 4.78 is 0. The lowest BCUT2D eigenvalue weighted by atomic mass is 10.1. The van der Waals surface area contributed by atoms with Gasteiger partial charge in [0.05, 0.1) is 28.4 Å². The molecule has 0 radical (unpaired) electrons. The second-order valence-electron chi connectivity index (χ2n) is 7.78. The molecule has 7 nitrogen and oxygen atoms in total. The number of fused-ring (bicyclic) bond motifs is 1. The third-order valence-corrected chi connectivity index (χ3v) is 5.36. The molecule has 3 N–H and O–H groups in total. The maximum atomic E-state index is 12.7. The summed E-state index contributed by atoms with van der Waals surface area (Å²) in [6.07, 6.45) is 3.21. The number of amides is 1. The fourth-order valence-corrected chi connectivity index (χ4v) is 3.59. The van der Waals surface area contributed by atoms with Crippen molar-refractivity contribution in [1.29, 1.82) is 5.26 Å². The van der Waals surface area contributed by atoms with Gasteiger partial charge in [0.1, 0.15) is 5.82 Å². The van der Waals surface area contributed by atoms with E-state index in [1.807, 2.05) is 66.7 Å². The van der Waals surface area contributed by atoms with Crippen molar-refractivity contribution >= 4 is 45.4 Å². The van der Waals surface area contributed by atoms with Crippen molar-refractivity contribution in [3.05, 3.63) is 115 Å². The van der Waals surface area contributed by atoms with Crippen LogP contribution in [0.2, 0.25) is 0 Å². The molecule has 3 aromatic carbocycles. The molecule has 0 aliphatic heterocycles. The molecule has 5 rings (SSSR count). The van der Waals surface area contributed by atoms with Crippen LogP contribution in [-0.2, 0) is 0 Å². The Hall–Kier alpha value is -5.22. The highest BCUT2D eigenvalue weighted by Crippen LogP contribution is 2.25. The molecule has 35 heavy (non-hydrogen) atoms. The molecule has 0 fully saturated rings. The van der Waals surface area contributed by atoms with Gasteiger partial charge in [0, 0.05) is 34.8 Å². The highest BCUT2D eigenvalue weighted by atomic mass is 16.1. The van der Waals surface area contributed by atoms with Crippen LogP contribution < -0.4 is 16.0 Å². The average molecular weight is 457 g/mol. The molecule has 7 heteroatoms. The van der Waals surface area contributed by atoms with Gasteiger partial charge in [-0.2, -0.15) is 5.26 Å². The number of rotatable bonds is 6. The highest BCUT2D eigenvalue weighted by Gasteiger charge is 2.09. The normalized spacial score (nSPS) is 10.4. The second-order valence-corrected chi connectivity index (χ2v) is 7.78. The maximum Gasteiger partial charge on any atom is 0.257 e. The van der Waals surface area contributed by atoms with Crippen LogP contribution in [0.5, 0.6) is 0 Å². The minimum Gasteiger partial charge on any atom is -0.356 e. The zero-order chi connectivity index (χ0) is 24.0. The van der Waals surface area contributed by atoms with E-state index in [0.717, 1.165) is 28.0 Å². The van der Waals surface area contributed by atoms with Crippen molar-refractivity contribution in [3.8, 4) is 6.07 Å². The summed E-state index contributed by atoms with van der Waals surface area (Å²) in [7, 11) is 0. The smallest absolute Gasteiger partial charge is 0.257 e. The molecule has 0 atom stereocenters. The largest absolute Gasteiger partial charge is 0.356 e. The van der Waals surface area contributed by atoms with Crippen LogP contribution in [0.4, 0.5) is 28.6 Å². The first kappa shape index (κ1) is 21.6. The number of nitrogens with one attached hydrogen (secondary N) is 3. The average Bonchev–Trinajstić information content (AvgIpc) is 2.91. The molecule has 0 aliphatic rings. The SMILES string of the molecule is N#Cc1ccc2nccc(Nc3ccc(C(=O)Nc4ccc(Nc5ccccc5)cc4)cn3)c2c1. The Morgan fingerprint density at radius 2 is 1.54 bits per heavy atom. The predicted octanol–water partition coefficient (Wildman–Crippen LogP) is 6.24. The Kier molecular flexibility index (Phi) is 6.01. The van der Waals surface area contributed by atoms with Crippen molar-refractivity contribution in [2.24, 2.45) is 0 Å². The van der Waals surface area contributed by atoms with Crippen LogP contribution in [-0.4, -0.2) is 15.9 Å². The lowest BCUT2D eigenvalue weighted by molar-refractivity contribution is 0.102. The first-order chi connectivity index (χ1) is 17.2. The molecule has 0 aliphatic carbocycles. The molecule has 2 aromatic heterocycles. The molecule has 1 amide bonds. The molecule has 0 spiro atoms. The molecule has 2 heterocycles. The third-order valence-electron chi connectivity index (χ3n) is 5.36. The third kappa shape index (κ3) is 5.07. The molecular weight excluding hydrogens is 436 g/mol. The maximum absolute atomic E-state index is 12.7. The van der Waals surface area contributed by atoms with Gasteiger partial charge in [0.15, 0.2) is 0 Å². The lowest BCUT2D eigenvalue weighted by Gasteiger charge is -2.10. The van der Waals surface area contributed by atoms with E-state index in [4.69, 9.17) is 0 Å². The first-order valence-electron chi connectivity index (χ1n) is 10.9. The van der Waals surface area contributed by atoms with Gasteiger partial charge in [-0.15, -0.1) is 0 Å². The lowest BCUT2D eigenvalue weighted by Crippen LogP contribution is -2.12. The van der Waals surface area contributed by atoms with E-state index in [0.29, 0.717) is 22.6 Å². The van der Waals surface area contributed by atoms with E-state index in [9.17, 15) is 10.1 Å². The number of nitrogens with zero attached hydrogens (tertiary/aromatic N) is 3. The van der Waals surface area contributed by atoms with Crippen molar-refractivity contribution in [2.45, 2.75) is 0 Å². The molecule has 5 aromatic rings. The Balaban J connectivity index is 1.25. The van der Waals surface area contributed by atoms with Gasteiger partial charge in [-0.25, -0.2) is 4.98 Å². The van der Waals surface area contributed by atoms with Crippen LogP contribution in [0.3, 0.4) is 0 Å². The molecule has 0 unspecified atom stereocenters. The number of carbonyl (C=O) groups excluding carboxylic acids is 1. The van der Waals surface area contributed by atoms with Crippen molar-refractivity contribution in [1.82, 2.24) is 9.97 Å². The Labute approximate surface area is 202 Å². The summed E-state index contributed by atoms with van der Waals surface area (Å²) in [5, 5.41) is 19.5. The topological polar surface area (TPSA) is 103 Å². The highest BCUT2D eigenvalue weighted by molar-refractivity contribution is 6.04. The van der Waals surface area contributed by atoms with Gasteiger partial charge < -0.3 is 16.0 Å². The van der Waals surface area contributed by atoms with E-state index >= 15 is 0 Å². The number of hydrogen-bond acceptors (Lipinski definition) is 6. The van der Waals surface area contributed by atoms with Gasteiger partial charge in [-0.05, 0) is 72.8 Å². The molecule has 168 valence electrons. The minimum absolute atomic E-state index is 0.249. The quantitative estimate of drug-likeness (QED) is 0.279. The van der Waals surface area contributed by atoms with Gasteiger partial charge in [-0.1, -0.05) is 18.2 Å². The zero-order valence-corrected chi connectivity index (χ0v) is 18.6. The number of para-hydroxylation sites is 1. The fraction of sp³-hybridized carbons (Fsp3) is 0. The number of nitriles is 1. The summed E-state index contributed by atoms with van der Waals surface area (Å²) in [5.74, 6) is 0.327. The van der Waals surface area contributed by atoms with Gasteiger partial charge in [-0.3, -0.25) is 9.78 Å². The van der Waals surface area contributed by atoms with Crippen LogP contribution in [0.15, 0.2) is 103 Å². The van der Waals surface area contributed by atoms with Crippen molar-refractivity contribution in [3.63, 3.8) is 0 Å². The van der Waals surface area contributed by atoms with E-state index < -0.39 is 0 Å². The second kappa shape index (κ2) is 9.73. The standard InChI is InChI=1S/C28H20N6O/c29-17-19-6-12-25-24(16-19)26(14-15-30-25)34-27-13-7-20(18-31-27)28(35)33-23-10-8-22(9-11-23)32-21-4-2-1-3-5-21/h1-16,18,32H,(H,33,35)(H,30,31,34). The van der Waals surface area contributed by atoms with E-state index in [1.165, 1.54) is 6.20 Å². The Morgan fingerprint density at radius 3 is 2.29 bits per heavy atom. The van der Waals surface area contributed by atoms with Crippen LogP contribution >= 0.6 is 0 Å². The first-order valence-corrected chi connectivity index (χ1v) is 10.9. The predicted molar refractivity (Wildman–Crippen MR) is 138 cm³/mol. The molecular formula is C28H20N6O. The van der Waals surface area contributed by atoms with Crippen LogP contribution in [0, 0.1) is 11.3 Å². The van der Waals surface area contributed by atoms with Gasteiger partial charge >= 0.3 is 0 Å². The van der Waals surface area contributed by atoms with E-state index in [2.05, 4.69) is 32.0 Å². The monoisotopic (exact) mass is 456 g/mol. The Bertz CT molecular complexity index is 1520. The van der Waals surface area contributed by atoms with Gasteiger partial charge in [0.25, 0.3) is 5.91 Å². The number of pyridine rings is 2. The number of aromatic nitrogens is 2. The molecule has 0 saturated carbocycles. The summed E-state index contributed by atoms with van der Waals surface area (Å²) in [4.78, 5) is 21.4. The summed E-state index contributed by atoms with van der Waals surface area (Å²) in [6, 6.07) is 30.1. The van der Waals surface area contributed by atoms with Crippen molar-refractivity contribution in [2.75, 3.05) is 16.0 Å². The minimum atomic E-state index is -0.249. The van der Waals surface area contributed by atoms with E-state index in [1.54, 1.807) is 30.5 Å². The van der Waals surface area contributed by atoms with Crippen LogP contribution in [0.1, 0.15) is 15.9 Å². The number of carbonyl (C=O) groups is 1. The van der Waals surface area contributed by atoms with E-state index in [-0.39, 0.29) is 5.91 Å². The fourth-order valence-electron chi connectivity index (χ4n) is 3.59. The van der Waals surface area contributed by atoms with Gasteiger partial charge in [0.2, 0.25) is 0 Å². The number of hydrogen-bond donors (Lipinski definition) is 3. The summed E-state index contributed by atoms with van der Waals surface area (Å²) in [6.45, 7) is 0. The zero-order valence-electron chi connectivity index (χ0n) is 18.6. The molecule has 0 saturated heterocycles. The molecule has 0 bridgehead atoms. The number of benzene rings is 3. The number of anilines is 5. The van der Waals surface area contributed by atoms with Crippen molar-refractivity contribution < 1.29 is 4.79 Å².